The predicted octanol–water partition coefficient (Wildman–Crippen LogP) is 3.14. The average Bonchev–Trinajstić information content (AvgIpc) is 2.88. The Morgan fingerprint density at radius 3 is 2.40 bits per heavy atom. The van der Waals surface area contributed by atoms with Crippen molar-refractivity contribution in [2.75, 3.05) is 7.11 Å². The van der Waals surface area contributed by atoms with Crippen molar-refractivity contribution in [2.24, 2.45) is 0 Å². The van der Waals surface area contributed by atoms with Crippen LogP contribution in [-0.2, 0) is 25.5 Å². The Hall–Kier alpha value is -4.46. The van der Waals surface area contributed by atoms with Crippen molar-refractivity contribution in [3.8, 4) is 0 Å². The second-order valence-electron chi connectivity index (χ2n) is 7.81. The summed E-state index contributed by atoms with van der Waals surface area (Å²) < 4.78 is 4.39. The van der Waals surface area contributed by atoms with E-state index in [4.69, 9.17) is 0 Å². The van der Waals surface area contributed by atoms with Crippen molar-refractivity contribution in [1.82, 2.24) is 16.2 Å². The lowest BCUT2D eigenvalue weighted by Crippen LogP contribution is -2.41. The van der Waals surface area contributed by atoms with E-state index in [9.17, 15) is 19.2 Å². The third-order valence-electron chi connectivity index (χ3n) is 5.42. The summed E-state index contributed by atoms with van der Waals surface area (Å²) in [4.78, 5) is 47.8. The highest BCUT2D eigenvalue weighted by Crippen LogP contribution is 2.24. The van der Waals surface area contributed by atoms with Gasteiger partial charge in [0.15, 0.2) is 0 Å². The summed E-state index contributed by atoms with van der Waals surface area (Å²) in [6.07, 6.45) is 2.23. The highest BCUT2D eigenvalue weighted by Gasteiger charge is 2.16. The van der Waals surface area contributed by atoms with Crippen LogP contribution in [0.5, 0.6) is 0 Å². The highest BCUT2D eigenvalue weighted by molar-refractivity contribution is 5.97. The number of carbonyl (C=O) groups excluding carboxylic acids is 4. The van der Waals surface area contributed by atoms with Gasteiger partial charge in [0.25, 0.3) is 11.8 Å². The fourth-order valence-corrected chi connectivity index (χ4v) is 3.64. The van der Waals surface area contributed by atoms with Gasteiger partial charge in [-0.1, -0.05) is 60.7 Å². The molecule has 0 saturated heterocycles. The van der Waals surface area contributed by atoms with Crippen molar-refractivity contribution in [2.45, 2.75) is 25.8 Å². The molecular weight excluding hydrogens is 446 g/mol. The number of hydrogen-bond acceptors (Lipinski definition) is 5. The van der Waals surface area contributed by atoms with Crippen LogP contribution in [0.1, 0.15) is 40.9 Å². The summed E-state index contributed by atoms with van der Waals surface area (Å²) in [6, 6.07) is 20.9. The van der Waals surface area contributed by atoms with Crippen molar-refractivity contribution < 1.29 is 23.9 Å². The van der Waals surface area contributed by atoms with Gasteiger partial charge in [-0.25, -0.2) is 4.79 Å². The summed E-state index contributed by atoms with van der Waals surface area (Å²) in [6.45, 7) is 1.94. The molecule has 0 radical (unpaired) electrons. The molecule has 3 rings (SSSR count). The van der Waals surface area contributed by atoms with Crippen LogP contribution in [0.3, 0.4) is 0 Å². The third kappa shape index (κ3) is 7.01. The molecule has 0 aliphatic rings. The molecule has 3 N–H and O–H groups in total. The van der Waals surface area contributed by atoms with Gasteiger partial charge in [0.05, 0.1) is 13.2 Å². The highest BCUT2D eigenvalue weighted by atomic mass is 16.5. The summed E-state index contributed by atoms with van der Waals surface area (Å²) >= 11 is 0. The van der Waals surface area contributed by atoms with Crippen molar-refractivity contribution in [3.05, 3.63) is 95.6 Å². The first-order valence-electron chi connectivity index (χ1n) is 11.1. The maximum atomic E-state index is 13.1. The van der Waals surface area contributed by atoms with E-state index < -0.39 is 17.8 Å². The molecule has 0 aliphatic heterocycles. The lowest BCUT2D eigenvalue weighted by molar-refractivity contribution is -0.135. The number of hydrogen-bond donors (Lipinski definition) is 3. The zero-order chi connectivity index (χ0) is 25.2. The number of ether oxygens (including phenoxy) is 1. The Bertz CT molecular complexity index is 1260. The molecule has 0 fully saturated rings. The van der Waals surface area contributed by atoms with Crippen LogP contribution in [0.2, 0.25) is 0 Å². The molecule has 35 heavy (non-hydrogen) atoms. The molecule has 8 heteroatoms. The van der Waals surface area contributed by atoms with E-state index in [-0.39, 0.29) is 18.4 Å². The van der Waals surface area contributed by atoms with E-state index >= 15 is 0 Å². The Morgan fingerprint density at radius 1 is 0.886 bits per heavy atom. The molecule has 0 bridgehead atoms. The standard InChI is InChI=1S/C27H27N3O5/c1-18(21-13-7-10-19-8-3-5-11-22(19)21)28-27(34)23-12-6-4-9-20(23)14-15-24(31)29-30-25(32)16-17-26(33)35-2/h3-13,16-18H,14-15H2,1-2H3,(H,28,34)(H,29,31)(H,30,32)/b17-16+/t18-/m1/s1. The number of hydrazine groups is 1. The van der Waals surface area contributed by atoms with Gasteiger partial charge in [-0.05, 0) is 41.3 Å². The van der Waals surface area contributed by atoms with Gasteiger partial charge in [-0.3, -0.25) is 25.2 Å². The maximum Gasteiger partial charge on any atom is 0.330 e. The van der Waals surface area contributed by atoms with Crippen molar-refractivity contribution in [1.29, 1.82) is 0 Å². The molecule has 0 heterocycles. The molecule has 3 aromatic carbocycles. The summed E-state index contributed by atoms with van der Waals surface area (Å²) in [7, 11) is 1.19. The number of amides is 3. The smallest absolute Gasteiger partial charge is 0.330 e. The quantitative estimate of drug-likeness (QED) is 0.264. The molecule has 8 nitrogen and oxygen atoms in total. The number of benzene rings is 3. The zero-order valence-electron chi connectivity index (χ0n) is 19.5. The van der Waals surface area contributed by atoms with Gasteiger partial charge in [-0.15, -0.1) is 0 Å². The van der Waals surface area contributed by atoms with Crippen LogP contribution in [0, 0.1) is 0 Å². The Labute approximate surface area is 203 Å². The molecule has 0 spiro atoms. The number of carbonyl (C=O) groups is 4. The Balaban J connectivity index is 1.60. The van der Waals surface area contributed by atoms with Crippen LogP contribution in [0.15, 0.2) is 78.9 Å². The summed E-state index contributed by atoms with van der Waals surface area (Å²) in [5, 5.41) is 5.24. The molecule has 0 unspecified atom stereocenters. The molecule has 0 aliphatic carbocycles. The number of esters is 1. The summed E-state index contributed by atoms with van der Waals surface area (Å²) in [5.74, 6) is -2.03. The van der Waals surface area contributed by atoms with Crippen LogP contribution < -0.4 is 16.2 Å². The van der Waals surface area contributed by atoms with Gasteiger partial charge in [0.1, 0.15) is 0 Å². The molecule has 0 saturated carbocycles. The van der Waals surface area contributed by atoms with E-state index in [1.54, 1.807) is 24.3 Å². The van der Waals surface area contributed by atoms with Crippen molar-refractivity contribution >= 4 is 34.5 Å². The van der Waals surface area contributed by atoms with Crippen LogP contribution in [-0.4, -0.2) is 30.8 Å². The molecule has 0 aromatic heterocycles. The second-order valence-corrected chi connectivity index (χ2v) is 7.81. The lowest BCUT2D eigenvalue weighted by atomic mass is 9.98. The van der Waals surface area contributed by atoms with Gasteiger partial charge in [0.2, 0.25) is 5.91 Å². The normalized spacial score (nSPS) is 11.6. The van der Waals surface area contributed by atoms with Gasteiger partial charge in [-0.2, -0.15) is 0 Å². The molecule has 180 valence electrons. The number of rotatable bonds is 8. The minimum atomic E-state index is -0.684. The fourth-order valence-electron chi connectivity index (χ4n) is 3.64. The van der Waals surface area contributed by atoms with Crippen LogP contribution >= 0.6 is 0 Å². The number of nitrogens with one attached hydrogen (secondary N) is 3. The molecule has 3 amide bonds. The SMILES string of the molecule is COC(=O)/C=C/C(=O)NNC(=O)CCc1ccccc1C(=O)N[C@H](C)c1cccc2ccccc12. The topological polar surface area (TPSA) is 114 Å². The fraction of sp³-hybridized carbons (Fsp3) is 0.185. The van der Waals surface area contributed by atoms with Gasteiger partial charge >= 0.3 is 5.97 Å². The first kappa shape index (κ1) is 25.2. The minimum Gasteiger partial charge on any atom is -0.466 e. The first-order valence-corrected chi connectivity index (χ1v) is 11.1. The van der Waals surface area contributed by atoms with Crippen LogP contribution in [0.25, 0.3) is 10.8 Å². The lowest BCUT2D eigenvalue weighted by Gasteiger charge is -2.18. The summed E-state index contributed by atoms with van der Waals surface area (Å²) in [5.41, 5.74) is 6.67. The van der Waals surface area contributed by atoms with E-state index in [1.165, 1.54) is 7.11 Å². The number of fused-ring (bicyclic) bond motifs is 1. The second kappa shape index (κ2) is 12.1. The van der Waals surface area contributed by atoms with E-state index in [0.717, 1.165) is 28.5 Å². The zero-order valence-corrected chi connectivity index (χ0v) is 19.5. The van der Waals surface area contributed by atoms with Crippen molar-refractivity contribution in [3.63, 3.8) is 0 Å². The predicted molar refractivity (Wildman–Crippen MR) is 132 cm³/mol. The number of aryl methyl sites for hydroxylation is 1. The van der Waals surface area contributed by atoms with Gasteiger partial charge in [0, 0.05) is 24.1 Å². The number of methoxy groups -OCH3 is 1. The molecule has 1 atom stereocenters. The first-order chi connectivity index (χ1) is 16.9. The average molecular weight is 474 g/mol. The Morgan fingerprint density at radius 2 is 1.60 bits per heavy atom. The monoisotopic (exact) mass is 473 g/mol. The van der Waals surface area contributed by atoms with E-state index in [1.807, 2.05) is 49.4 Å². The molecular formula is C27H27N3O5. The third-order valence-corrected chi connectivity index (χ3v) is 5.42. The largest absolute Gasteiger partial charge is 0.466 e. The van der Waals surface area contributed by atoms with Gasteiger partial charge < -0.3 is 10.1 Å². The Kier molecular flexibility index (Phi) is 8.72. The van der Waals surface area contributed by atoms with Crippen LogP contribution in [0.4, 0.5) is 0 Å². The van der Waals surface area contributed by atoms with E-state index in [2.05, 4.69) is 20.9 Å². The minimum absolute atomic E-state index is 0.0458. The molecule has 3 aromatic rings. The van der Waals surface area contributed by atoms with E-state index in [0.29, 0.717) is 17.5 Å². The maximum absolute atomic E-state index is 13.1.